The van der Waals surface area contributed by atoms with Gasteiger partial charge in [-0.05, 0) is 92.8 Å². The van der Waals surface area contributed by atoms with E-state index in [0.717, 1.165) is 44.9 Å². The molecule has 0 bridgehead atoms. The van der Waals surface area contributed by atoms with Crippen molar-refractivity contribution in [1.82, 2.24) is 5.32 Å². The SMILES string of the molecule is CC(CCC(=O)NCCS(=O)(=O)O)C1CCC2C3(O)CCC4CC(O)CCC4(C)C3CC(O)C12C. The predicted molar refractivity (Wildman–Crippen MR) is 132 cm³/mol. The number of hydrogen-bond donors (Lipinski definition) is 5. The summed E-state index contributed by atoms with van der Waals surface area (Å²) >= 11 is 0. The zero-order valence-corrected chi connectivity index (χ0v) is 22.3. The van der Waals surface area contributed by atoms with Gasteiger partial charge in [-0.1, -0.05) is 20.8 Å². The molecule has 0 aromatic carbocycles. The highest BCUT2D eigenvalue weighted by Crippen LogP contribution is 2.69. The molecule has 0 aromatic rings. The largest absolute Gasteiger partial charge is 0.393 e. The molecule has 0 heterocycles. The van der Waals surface area contributed by atoms with Crippen LogP contribution in [0.2, 0.25) is 0 Å². The molecule has 202 valence electrons. The van der Waals surface area contributed by atoms with Gasteiger partial charge in [0.05, 0.1) is 23.6 Å². The molecule has 0 spiro atoms. The van der Waals surface area contributed by atoms with Gasteiger partial charge in [-0.25, -0.2) is 0 Å². The number of fused-ring (bicyclic) bond motifs is 5. The Bertz CT molecular complexity index is 911. The van der Waals surface area contributed by atoms with E-state index in [0.29, 0.717) is 18.8 Å². The highest BCUT2D eigenvalue weighted by atomic mass is 32.2. The van der Waals surface area contributed by atoms with E-state index in [-0.39, 0.29) is 54.1 Å². The first kappa shape index (κ1) is 27.3. The summed E-state index contributed by atoms with van der Waals surface area (Å²) in [6.07, 6.45) is 6.61. The van der Waals surface area contributed by atoms with E-state index < -0.39 is 33.0 Å². The lowest BCUT2D eigenvalue weighted by Gasteiger charge is -2.65. The van der Waals surface area contributed by atoms with Crippen LogP contribution in [0.4, 0.5) is 0 Å². The van der Waals surface area contributed by atoms with Crippen molar-refractivity contribution in [3.05, 3.63) is 0 Å². The maximum Gasteiger partial charge on any atom is 0.266 e. The van der Waals surface area contributed by atoms with Crippen LogP contribution in [0.25, 0.3) is 0 Å². The van der Waals surface area contributed by atoms with Crippen molar-refractivity contribution < 1.29 is 33.1 Å². The molecule has 9 heteroatoms. The molecule has 0 saturated heterocycles. The quantitative estimate of drug-likeness (QED) is 0.328. The Hall–Kier alpha value is -0.740. The topological polar surface area (TPSA) is 144 Å². The third kappa shape index (κ3) is 4.80. The molecule has 10 atom stereocenters. The molecule has 0 radical (unpaired) electrons. The lowest BCUT2D eigenvalue weighted by atomic mass is 9.42. The van der Waals surface area contributed by atoms with E-state index in [4.69, 9.17) is 4.55 Å². The van der Waals surface area contributed by atoms with Crippen LogP contribution in [0.15, 0.2) is 0 Å². The van der Waals surface area contributed by atoms with Crippen molar-refractivity contribution in [2.45, 2.75) is 103 Å². The smallest absolute Gasteiger partial charge is 0.266 e. The second-order valence-electron chi connectivity index (χ2n) is 12.7. The highest BCUT2D eigenvalue weighted by molar-refractivity contribution is 7.85. The average molecular weight is 516 g/mol. The average Bonchev–Trinajstić information content (AvgIpc) is 3.14. The third-order valence-corrected chi connectivity index (χ3v) is 11.8. The fourth-order valence-corrected chi connectivity index (χ4v) is 9.54. The number of aliphatic hydroxyl groups excluding tert-OH is 2. The minimum absolute atomic E-state index is 0.0180. The Morgan fingerprint density at radius 1 is 1.06 bits per heavy atom. The van der Waals surface area contributed by atoms with Gasteiger partial charge in [0.1, 0.15) is 0 Å². The minimum atomic E-state index is -4.10. The molecule has 0 aromatic heterocycles. The molecule has 5 N–H and O–H groups in total. The lowest BCUT2D eigenvalue weighted by molar-refractivity contribution is -0.254. The molecular weight excluding hydrogens is 470 g/mol. The summed E-state index contributed by atoms with van der Waals surface area (Å²) in [4.78, 5) is 12.2. The van der Waals surface area contributed by atoms with Gasteiger partial charge in [0, 0.05) is 18.4 Å². The van der Waals surface area contributed by atoms with E-state index in [2.05, 4.69) is 26.1 Å². The number of hydrogen-bond acceptors (Lipinski definition) is 6. The zero-order valence-electron chi connectivity index (χ0n) is 21.4. The second-order valence-corrected chi connectivity index (χ2v) is 14.3. The van der Waals surface area contributed by atoms with Crippen molar-refractivity contribution in [2.24, 2.45) is 40.4 Å². The minimum Gasteiger partial charge on any atom is -0.393 e. The Morgan fingerprint density at radius 3 is 2.46 bits per heavy atom. The number of carbonyl (C=O) groups is 1. The van der Waals surface area contributed by atoms with Crippen LogP contribution in [0, 0.1) is 40.4 Å². The van der Waals surface area contributed by atoms with Crippen LogP contribution in [-0.4, -0.2) is 64.3 Å². The summed E-state index contributed by atoms with van der Waals surface area (Å²) in [5.74, 6) is 0.0702. The van der Waals surface area contributed by atoms with Crippen LogP contribution in [0.1, 0.15) is 85.0 Å². The van der Waals surface area contributed by atoms with Gasteiger partial charge in [-0.2, -0.15) is 8.42 Å². The van der Waals surface area contributed by atoms with Crippen molar-refractivity contribution >= 4 is 16.0 Å². The van der Waals surface area contributed by atoms with E-state index in [1.807, 2.05) is 0 Å². The van der Waals surface area contributed by atoms with Gasteiger partial charge in [-0.15, -0.1) is 0 Å². The van der Waals surface area contributed by atoms with Crippen LogP contribution < -0.4 is 5.32 Å². The van der Waals surface area contributed by atoms with Crippen molar-refractivity contribution in [3.63, 3.8) is 0 Å². The van der Waals surface area contributed by atoms with Crippen molar-refractivity contribution in [2.75, 3.05) is 12.3 Å². The summed E-state index contributed by atoms with van der Waals surface area (Å²) in [6.45, 7) is 6.44. The van der Waals surface area contributed by atoms with Crippen molar-refractivity contribution in [1.29, 1.82) is 0 Å². The molecule has 4 rings (SSSR count). The molecule has 35 heavy (non-hydrogen) atoms. The van der Waals surface area contributed by atoms with Crippen LogP contribution in [0.5, 0.6) is 0 Å². The summed E-state index contributed by atoms with van der Waals surface area (Å²) in [5.41, 5.74) is -1.27. The maximum atomic E-state index is 12.3. The number of nitrogens with one attached hydrogen (secondary N) is 1. The summed E-state index contributed by atoms with van der Waals surface area (Å²) in [5, 5.41) is 36.7. The van der Waals surface area contributed by atoms with Gasteiger partial charge in [0.15, 0.2) is 0 Å². The number of amides is 1. The molecule has 10 unspecified atom stereocenters. The Balaban J connectivity index is 1.44. The first-order chi connectivity index (χ1) is 16.2. The van der Waals surface area contributed by atoms with Crippen molar-refractivity contribution in [3.8, 4) is 0 Å². The standard InChI is InChI=1S/C26H45NO7S/c1-16(4-7-23(30)27-12-13-35(32,33)34)19-5-6-20-25(19,3)22(29)15-21-24(2)10-9-18(28)14-17(24)8-11-26(20,21)31/h16-22,28-29,31H,4-15H2,1-3H3,(H,27,30)(H,32,33,34). The summed E-state index contributed by atoms with van der Waals surface area (Å²) in [6, 6.07) is 0. The molecular formula is C26H45NO7S. The molecule has 4 aliphatic rings. The number of carbonyl (C=O) groups excluding carboxylic acids is 1. The normalized spacial score (nSPS) is 46.3. The monoisotopic (exact) mass is 515 g/mol. The van der Waals surface area contributed by atoms with Gasteiger partial charge in [0.2, 0.25) is 5.91 Å². The van der Waals surface area contributed by atoms with Crippen LogP contribution >= 0.6 is 0 Å². The second kappa shape index (κ2) is 9.53. The fourth-order valence-electron chi connectivity index (χ4n) is 9.18. The molecule has 4 saturated carbocycles. The van der Waals surface area contributed by atoms with Crippen LogP contribution in [0.3, 0.4) is 0 Å². The molecule has 4 fully saturated rings. The summed E-state index contributed by atoms with van der Waals surface area (Å²) in [7, 11) is -4.10. The van der Waals surface area contributed by atoms with E-state index >= 15 is 0 Å². The molecule has 1 amide bonds. The van der Waals surface area contributed by atoms with Gasteiger partial charge >= 0.3 is 0 Å². The fraction of sp³-hybridized carbons (Fsp3) is 0.962. The Labute approximate surface area is 210 Å². The number of aliphatic hydroxyl groups is 3. The third-order valence-electron chi connectivity index (χ3n) is 11.1. The first-order valence-corrected chi connectivity index (χ1v) is 15.1. The van der Waals surface area contributed by atoms with E-state index in [1.165, 1.54) is 0 Å². The van der Waals surface area contributed by atoms with Gasteiger partial charge in [-0.3, -0.25) is 9.35 Å². The molecule has 8 nitrogen and oxygen atoms in total. The highest BCUT2D eigenvalue weighted by Gasteiger charge is 2.69. The Morgan fingerprint density at radius 2 is 1.77 bits per heavy atom. The molecule has 0 aliphatic heterocycles. The zero-order chi connectivity index (χ0) is 25.8. The van der Waals surface area contributed by atoms with Crippen LogP contribution in [-0.2, 0) is 14.9 Å². The maximum absolute atomic E-state index is 12.3. The van der Waals surface area contributed by atoms with E-state index in [9.17, 15) is 28.5 Å². The predicted octanol–water partition coefficient (Wildman–Crippen LogP) is 2.51. The lowest BCUT2D eigenvalue weighted by Crippen LogP contribution is -2.67. The Kier molecular flexibility index (Phi) is 7.43. The van der Waals surface area contributed by atoms with E-state index in [1.54, 1.807) is 0 Å². The first-order valence-electron chi connectivity index (χ1n) is 13.5. The van der Waals surface area contributed by atoms with Gasteiger partial charge in [0.25, 0.3) is 10.1 Å². The number of rotatable bonds is 7. The molecule has 4 aliphatic carbocycles. The van der Waals surface area contributed by atoms with Gasteiger partial charge < -0.3 is 20.6 Å². The summed E-state index contributed by atoms with van der Waals surface area (Å²) < 4.78 is 30.5.